The molecule has 1 aromatic heterocycles. The number of nitrogens with one attached hydrogen (secondary N) is 2. The van der Waals surface area contributed by atoms with Crippen molar-refractivity contribution >= 4 is 11.7 Å². The first-order chi connectivity index (χ1) is 16.1. The fraction of sp³-hybridized carbons (Fsp3) is 0.542. The number of alkyl halides is 3. The number of hydrogen-bond donors (Lipinski definition) is 3. The number of aromatic nitrogens is 2. The van der Waals surface area contributed by atoms with Crippen LogP contribution in [0.5, 0.6) is 0 Å². The molecule has 1 unspecified atom stereocenters. The molecule has 2 aliphatic rings. The van der Waals surface area contributed by atoms with Crippen molar-refractivity contribution in [1.82, 2.24) is 15.3 Å². The Hall–Kier alpha value is -2.72. The van der Waals surface area contributed by atoms with Crippen LogP contribution < -0.4 is 10.6 Å². The van der Waals surface area contributed by atoms with E-state index in [1.165, 1.54) is 13.0 Å². The Morgan fingerprint density at radius 2 is 2.00 bits per heavy atom. The molecule has 1 aliphatic carbocycles. The van der Waals surface area contributed by atoms with Crippen LogP contribution in [-0.2, 0) is 28.7 Å². The van der Waals surface area contributed by atoms with Crippen molar-refractivity contribution < 1.29 is 27.8 Å². The number of aliphatic hydroxyl groups excluding tert-OH is 1. The van der Waals surface area contributed by atoms with Crippen LogP contribution in [0, 0.1) is 13.8 Å². The minimum atomic E-state index is -4.43. The second-order valence-electron chi connectivity index (χ2n) is 8.99. The summed E-state index contributed by atoms with van der Waals surface area (Å²) in [4.78, 5) is 21.7. The van der Waals surface area contributed by atoms with Crippen LogP contribution in [-0.4, -0.2) is 39.7 Å². The van der Waals surface area contributed by atoms with E-state index in [9.17, 15) is 23.1 Å². The van der Waals surface area contributed by atoms with Gasteiger partial charge in [0.2, 0.25) is 5.91 Å². The highest BCUT2D eigenvalue weighted by molar-refractivity contribution is 5.79. The maximum Gasteiger partial charge on any atom is 0.416 e. The van der Waals surface area contributed by atoms with E-state index in [0.29, 0.717) is 47.9 Å². The van der Waals surface area contributed by atoms with Crippen molar-refractivity contribution in [3.63, 3.8) is 0 Å². The summed E-state index contributed by atoms with van der Waals surface area (Å²) in [7, 11) is 0. The summed E-state index contributed by atoms with van der Waals surface area (Å²) >= 11 is 0. The number of anilines is 1. The number of nitrogens with zero attached hydrogens (tertiary/aromatic N) is 2. The van der Waals surface area contributed by atoms with Crippen LogP contribution in [0.3, 0.4) is 0 Å². The van der Waals surface area contributed by atoms with Crippen molar-refractivity contribution in [3.05, 3.63) is 52.0 Å². The largest absolute Gasteiger partial charge is 0.416 e. The lowest BCUT2D eigenvalue weighted by atomic mass is 9.89. The van der Waals surface area contributed by atoms with Crippen LogP contribution in [0.15, 0.2) is 18.2 Å². The molecule has 34 heavy (non-hydrogen) atoms. The van der Waals surface area contributed by atoms with Crippen molar-refractivity contribution in [2.24, 2.45) is 0 Å². The van der Waals surface area contributed by atoms with Gasteiger partial charge in [-0.1, -0.05) is 12.1 Å². The molecule has 1 amide bonds. The average molecular weight is 479 g/mol. The Labute approximate surface area is 196 Å². The Morgan fingerprint density at radius 1 is 1.24 bits per heavy atom. The standard InChI is InChI=1S/C24H29F3N4O3/c1-13-15(5-3-6-18(13)24(25,26)27)12-28-23-22(20-7-4-8-34-20)19(29-14(2)30-23)11-21(33)31-16-9-17(32)10-16/h3,5-6,16-17,20,32H,4,7-12H2,1-2H3,(H,31,33)(H,28,29,30). The third-order valence-electron chi connectivity index (χ3n) is 6.39. The summed E-state index contributed by atoms with van der Waals surface area (Å²) in [5.74, 6) is 0.721. The molecular weight excluding hydrogens is 449 g/mol. The SMILES string of the molecule is Cc1nc(CC(=O)NC2CC(O)C2)c(C2CCCO2)c(NCc2cccc(C(F)(F)F)c2C)n1. The van der Waals surface area contributed by atoms with E-state index < -0.39 is 11.7 Å². The number of carbonyl (C=O) groups excluding carboxylic acids is 1. The molecule has 0 radical (unpaired) electrons. The molecule has 2 fully saturated rings. The van der Waals surface area contributed by atoms with Gasteiger partial charge in [-0.05, 0) is 56.7 Å². The van der Waals surface area contributed by atoms with Gasteiger partial charge in [-0.25, -0.2) is 9.97 Å². The molecule has 3 N–H and O–H groups in total. The molecule has 1 aliphatic heterocycles. The molecule has 1 saturated heterocycles. The van der Waals surface area contributed by atoms with E-state index in [0.717, 1.165) is 18.9 Å². The molecule has 7 nitrogen and oxygen atoms in total. The summed E-state index contributed by atoms with van der Waals surface area (Å²) < 4.78 is 45.8. The van der Waals surface area contributed by atoms with E-state index in [-0.39, 0.29) is 42.7 Å². The molecule has 2 heterocycles. The van der Waals surface area contributed by atoms with Crippen molar-refractivity contribution in [1.29, 1.82) is 0 Å². The maximum absolute atomic E-state index is 13.3. The highest BCUT2D eigenvalue weighted by Crippen LogP contribution is 2.36. The third-order valence-corrected chi connectivity index (χ3v) is 6.39. The monoisotopic (exact) mass is 478 g/mol. The summed E-state index contributed by atoms with van der Waals surface area (Å²) in [5.41, 5.74) is 1.22. The predicted octanol–water partition coefficient (Wildman–Crippen LogP) is 3.76. The number of benzene rings is 1. The van der Waals surface area contributed by atoms with Crippen LogP contribution in [0.1, 0.15) is 65.6 Å². The normalized spacial score (nSPS) is 22.4. The third kappa shape index (κ3) is 5.50. The number of halogens is 3. The highest BCUT2D eigenvalue weighted by atomic mass is 19.4. The number of hydrogen-bond acceptors (Lipinski definition) is 6. The van der Waals surface area contributed by atoms with Gasteiger partial charge in [0.15, 0.2) is 0 Å². The van der Waals surface area contributed by atoms with E-state index in [1.807, 2.05) is 0 Å². The predicted molar refractivity (Wildman–Crippen MR) is 119 cm³/mol. The molecule has 2 aromatic rings. The van der Waals surface area contributed by atoms with Gasteiger partial charge in [-0.3, -0.25) is 4.79 Å². The van der Waals surface area contributed by atoms with Gasteiger partial charge < -0.3 is 20.5 Å². The molecular formula is C24H29F3N4O3. The minimum Gasteiger partial charge on any atom is -0.393 e. The lowest BCUT2D eigenvalue weighted by molar-refractivity contribution is -0.138. The summed E-state index contributed by atoms with van der Waals surface area (Å²) in [6.07, 6.45) is -2.38. The van der Waals surface area contributed by atoms with Gasteiger partial charge in [-0.2, -0.15) is 13.2 Å². The fourth-order valence-corrected chi connectivity index (χ4v) is 4.55. The molecule has 1 aromatic carbocycles. The van der Waals surface area contributed by atoms with Crippen molar-refractivity contribution in [2.75, 3.05) is 11.9 Å². The molecule has 1 saturated carbocycles. The summed E-state index contributed by atoms with van der Waals surface area (Å²) in [6, 6.07) is 4.08. The Balaban J connectivity index is 1.59. The fourth-order valence-electron chi connectivity index (χ4n) is 4.55. The van der Waals surface area contributed by atoms with Crippen LogP contribution in [0.25, 0.3) is 0 Å². The van der Waals surface area contributed by atoms with Gasteiger partial charge in [0.25, 0.3) is 0 Å². The first kappa shape index (κ1) is 24.4. The average Bonchev–Trinajstić information content (AvgIpc) is 3.25. The minimum absolute atomic E-state index is 0.0302. The lowest BCUT2D eigenvalue weighted by Gasteiger charge is -2.32. The van der Waals surface area contributed by atoms with Crippen LogP contribution in [0.2, 0.25) is 0 Å². The van der Waals surface area contributed by atoms with Crippen molar-refractivity contribution in [3.8, 4) is 0 Å². The first-order valence-electron chi connectivity index (χ1n) is 11.5. The quantitative estimate of drug-likeness (QED) is 0.561. The number of aryl methyl sites for hydroxylation is 1. The first-order valence-corrected chi connectivity index (χ1v) is 11.5. The highest BCUT2D eigenvalue weighted by Gasteiger charge is 2.33. The molecule has 0 spiro atoms. The van der Waals surface area contributed by atoms with Gasteiger partial charge in [0.05, 0.1) is 29.9 Å². The smallest absolute Gasteiger partial charge is 0.393 e. The molecule has 184 valence electrons. The number of rotatable bonds is 7. The molecule has 4 rings (SSSR count). The van der Waals surface area contributed by atoms with E-state index in [4.69, 9.17) is 4.74 Å². The molecule has 0 bridgehead atoms. The number of amides is 1. The van der Waals surface area contributed by atoms with Crippen molar-refractivity contribution in [2.45, 2.75) is 76.9 Å². The van der Waals surface area contributed by atoms with Gasteiger partial charge in [0.1, 0.15) is 11.6 Å². The zero-order chi connectivity index (χ0) is 24.5. The molecule has 10 heteroatoms. The van der Waals surface area contributed by atoms with Gasteiger partial charge in [-0.15, -0.1) is 0 Å². The zero-order valence-electron chi connectivity index (χ0n) is 19.2. The van der Waals surface area contributed by atoms with Gasteiger partial charge >= 0.3 is 6.18 Å². The second-order valence-corrected chi connectivity index (χ2v) is 8.99. The number of carbonyl (C=O) groups is 1. The van der Waals surface area contributed by atoms with E-state index >= 15 is 0 Å². The van der Waals surface area contributed by atoms with Crippen LogP contribution >= 0.6 is 0 Å². The Kier molecular flexibility index (Phi) is 7.09. The molecule has 1 atom stereocenters. The van der Waals surface area contributed by atoms with E-state index in [1.54, 1.807) is 13.0 Å². The van der Waals surface area contributed by atoms with E-state index in [2.05, 4.69) is 20.6 Å². The summed E-state index contributed by atoms with van der Waals surface area (Å²) in [6.45, 7) is 3.89. The topological polar surface area (TPSA) is 96.4 Å². The second kappa shape index (κ2) is 9.87. The maximum atomic E-state index is 13.3. The van der Waals surface area contributed by atoms with Gasteiger partial charge in [0, 0.05) is 24.8 Å². The summed E-state index contributed by atoms with van der Waals surface area (Å²) in [5, 5.41) is 15.6. The number of ether oxygens (including phenoxy) is 1. The number of aliphatic hydroxyl groups is 1. The Bertz CT molecular complexity index is 1050. The van der Waals surface area contributed by atoms with Crippen LogP contribution in [0.4, 0.5) is 19.0 Å². The lowest BCUT2D eigenvalue weighted by Crippen LogP contribution is -2.47. The Morgan fingerprint density at radius 3 is 2.65 bits per heavy atom. The zero-order valence-corrected chi connectivity index (χ0v) is 19.2.